The van der Waals surface area contributed by atoms with Crippen molar-refractivity contribution < 1.29 is 0 Å². The average molecular weight is 267 g/mol. The zero-order valence-corrected chi connectivity index (χ0v) is 13.4. The lowest BCUT2D eigenvalue weighted by atomic mass is 9.71. The van der Waals surface area contributed by atoms with Crippen molar-refractivity contribution in [1.29, 1.82) is 0 Å². The quantitative estimate of drug-likeness (QED) is 0.850. The summed E-state index contributed by atoms with van der Waals surface area (Å²) in [4.78, 5) is 5.19. The molecule has 1 aliphatic heterocycles. The second-order valence-corrected chi connectivity index (χ2v) is 7.29. The van der Waals surface area contributed by atoms with E-state index >= 15 is 0 Å². The van der Waals surface area contributed by atoms with Crippen LogP contribution < -0.4 is 5.73 Å². The molecule has 2 fully saturated rings. The first-order valence-electron chi connectivity index (χ1n) is 8.14. The molecule has 2 aliphatic rings. The van der Waals surface area contributed by atoms with Crippen molar-refractivity contribution in [2.75, 3.05) is 33.2 Å². The van der Waals surface area contributed by atoms with Gasteiger partial charge >= 0.3 is 0 Å². The van der Waals surface area contributed by atoms with E-state index in [9.17, 15) is 0 Å². The van der Waals surface area contributed by atoms with E-state index in [0.717, 1.165) is 18.4 Å². The molecule has 3 nitrogen and oxygen atoms in total. The molecule has 1 unspecified atom stereocenters. The summed E-state index contributed by atoms with van der Waals surface area (Å²) in [5.41, 5.74) is 6.52. The second-order valence-electron chi connectivity index (χ2n) is 7.29. The molecular weight excluding hydrogens is 234 g/mol. The Morgan fingerprint density at radius 2 is 1.84 bits per heavy atom. The Bertz CT molecular complexity index is 282. The van der Waals surface area contributed by atoms with Crippen LogP contribution in [-0.4, -0.2) is 54.6 Å². The van der Waals surface area contributed by atoms with Gasteiger partial charge in [0.1, 0.15) is 0 Å². The number of nitrogens with two attached hydrogens (primary N) is 1. The predicted octanol–water partition coefficient (Wildman–Crippen LogP) is 2.17. The van der Waals surface area contributed by atoms with Gasteiger partial charge in [-0.25, -0.2) is 0 Å². The monoisotopic (exact) mass is 267 g/mol. The molecule has 2 N–H and O–H groups in total. The molecule has 0 aromatic heterocycles. The Kier molecular flexibility index (Phi) is 4.91. The summed E-state index contributed by atoms with van der Waals surface area (Å²) in [5, 5.41) is 0. The van der Waals surface area contributed by atoms with Crippen molar-refractivity contribution in [2.24, 2.45) is 17.6 Å². The van der Waals surface area contributed by atoms with E-state index in [1.54, 1.807) is 0 Å². The number of likely N-dealkylation sites (N-methyl/N-ethyl adjacent to an activating group) is 1. The zero-order valence-electron chi connectivity index (χ0n) is 13.4. The highest BCUT2D eigenvalue weighted by Gasteiger charge is 2.41. The van der Waals surface area contributed by atoms with E-state index in [4.69, 9.17) is 5.73 Å². The van der Waals surface area contributed by atoms with Gasteiger partial charge in [0.25, 0.3) is 0 Å². The van der Waals surface area contributed by atoms with E-state index in [2.05, 4.69) is 37.6 Å². The smallest absolute Gasteiger partial charge is 0.0333 e. The van der Waals surface area contributed by atoms with E-state index in [0.29, 0.717) is 11.6 Å². The van der Waals surface area contributed by atoms with Gasteiger partial charge in [-0.05, 0) is 51.5 Å². The van der Waals surface area contributed by atoms with Crippen LogP contribution in [0.15, 0.2) is 0 Å². The van der Waals surface area contributed by atoms with Gasteiger partial charge in [0.15, 0.2) is 0 Å². The van der Waals surface area contributed by atoms with Gasteiger partial charge in [-0.1, -0.05) is 13.8 Å². The summed E-state index contributed by atoms with van der Waals surface area (Å²) >= 11 is 0. The molecule has 19 heavy (non-hydrogen) atoms. The molecule has 0 bridgehead atoms. The summed E-state index contributed by atoms with van der Waals surface area (Å²) in [6, 6.07) is 0.667. The topological polar surface area (TPSA) is 32.5 Å². The normalized spacial score (nSPS) is 38.8. The fourth-order valence-corrected chi connectivity index (χ4v) is 3.97. The van der Waals surface area contributed by atoms with Crippen LogP contribution in [-0.2, 0) is 0 Å². The standard InChI is InChI=1S/C16H33N3/c1-13(2)15-5-7-16(12-17,8-6-15)19-10-9-18(4)14(3)11-19/h13-15H,5-12,17H2,1-4H3. The molecule has 1 saturated carbocycles. The predicted molar refractivity (Wildman–Crippen MR) is 82.2 cm³/mol. The molecule has 1 heterocycles. The third-order valence-electron chi connectivity index (χ3n) is 5.91. The molecular formula is C16H33N3. The van der Waals surface area contributed by atoms with Crippen molar-refractivity contribution in [1.82, 2.24) is 9.80 Å². The maximum Gasteiger partial charge on any atom is 0.0333 e. The summed E-state index contributed by atoms with van der Waals surface area (Å²) in [6.07, 6.45) is 5.36. The number of nitrogens with zero attached hydrogens (tertiary/aromatic N) is 2. The SMILES string of the molecule is CC(C)C1CCC(CN)(N2CCN(C)C(C)C2)CC1. The Balaban J connectivity index is 2.00. The molecule has 0 aromatic carbocycles. The van der Waals surface area contributed by atoms with Gasteiger partial charge in [-0.15, -0.1) is 0 Å². The van der Waals surface area contributed by atoms with Gasteiger partial charge in [-0.3, -0.25) is 4.90 Å². The van der Waals surface area contributed by atoms with Gasteiger partial charge in [-0.2, -0.15) is 0 Å². The first-order valence-corrected chi connectivity index (χ1v) is 8.14. The number of piperazine rings is 1. The average Bonchev–Trinajstić information content (AvgIpc) is 2.42. The fraction of sp³-hybridized carbons (Fsp3) is 1.00. The molecule has 0 radical (unpaired) electrons. The number of rotatable bonds is 3. The number of hydrogen-bond donors (Lipinski definition) is 1. The van der Waals surface area contributed by atoms with E-state index < -0.39 is 0 Å². The van der Waals surface area contributed by atoms with E-state index in [1.807, 2.05) is 0 Å². The zero-order chi connectivity index (χ0) is 14.0. The Hall–Kier alpha value is -0.120. The molecule has 2 rings (SSSR count). The summed E-state index contributed by atoms with van der Waals surface area (Å²) in [5.74, 6) is 1.76. The van der Waals surface area contributed by atoms with Crippen LogP contribution in [0.3, 0.4) is 0 Å². The summed E-state index contributed by atoms with van der Waals surface area (Å²) < 4.78 is 0. The fourth-order valence-electron chi connectivity index (χ4n) is 3.97. The maximum atomic E-state index is 6.22. The molecule has 3 heteroatoms. The Morgan fingerprint density at radius 1 is 1.21 bits per heavy atom. The van der Waals surface area contributed by atoms with Gasteiger partial charge in [0.05, 0.1) is 0 Å². The minimum absolute atomic E-state index is 0.306. The highest BCUT2D eigenvalue weighted by atomic mass is 15.3. The van der Waals surface area contributed by atoms with Crippen LogP contribution in [0.4, 0.5) is 0 Å². The van der Waals surface area contributed by atoms with Crippen molar-refractivity contribution in [3.05, 3.63) is 0 Å². The molecule has 0 aromatic rings. The van der Waals surface area contributed by atoms with E-state index in [1.165, 1.54) is 45.3 Å². The van der Waals surface area contributed by atoms with Crippen molar-refractivity contribution in [3.63, 3.8) is 0 Å². The van der Waals surface area contributed by atoms with Gasteiger partial charge in [0, 0.05) is 37.8 Å². The summed E-state index contributed by atoms with van der Waals surface area (Å²) in [7, 11) is 2.24. The minimum Gasteiger partial charge on any atom is -0.329 e. The molecule has 0 amide bonds. The third kappa shape index (κ3) is 3.14. The molecule has 0 spiro atoms. The van der Waals surface area contributed by atoms with Gasteiger partial charge < -0.3 is 10.6 Å². The van der Waals surface area contributed by atoms with Crippen molar-refractivity contribution in [2.45, 2.75) is 58.0 Å². The summed E-state index contributed by atoms with van der Waals surface area (Å²) in [6.45, 7) is 11.5. The van der Waals surface area contributed by atoms with Crippen LogP contribution in [0.5, 0.6) is 0 Å². The minimum atomic E-state index is 0.306. The highest BCUT2D eigenvalue weighted by Crippen LogP contribution is 2.39. The lowest BCUT2D eigenvalue weighted by Gasteiger charge is -2.52. The molecule has 1 aliphatic carbocycles. The Labute approximate surface area is 119 Å². The van der Waals surface area contributed by atoms with E-state index in [-0.39, 0.29) is 0 Å². The molecule has 1 saturated heterocycles. The first kappa shape index (κ1) is 15.3. The van der Waals surface area contributed by atoms with Crippen LogP contribution in [0, 0.1) is 11.8 Å². The van der Waals surface area contributed by atoms with Crippen LogP contribution >= 0.6 is 0 Å². The largest absolute Gasteiger partial charge is 0.329 e. The lowest BCUT2D eigenvalue weighted by Crippen LogP contribution is -2.63. The lowest BCUT2D eigenvalue weighted by molar-refractivity contribution is -0.0140. The van der Waals surface area contributed by atoms with Crippen molar-refractivity contribution >= 4 is 0 Å². The first-order chi connectivity index (χ1) is 8.98. The van der Waals surface area contributed by atoms with Crippen molar-refractivity contribution in [3.8, 4) is 0 Å². The maximum absolute atomic E-state index is 6.22. The van der Waals surface area contributed by atoms with Crippen LogP contribution in [0.1, 0.15) is 46.5 Å². The molecule has 1 atom stereocenters. The number of hydrogen-bond acceptors (Lipinski definition) is 3. The van der Waals surface area contributed by atoms with Gasteiger partial charge in [0.2, 0.25) is 0 Å². The molecule has 112 valence electrons. The Morgan fingerprint density at radius 3 is 2.32 bits per heavy atom. The third-order valence-corrected chi connectivity index (χ3v) is 5.91. The second kappa shape index (κ2) is 6.11. The van der Waals surface area contributed by atoms with Crippen LogP contribution in [0.25, 0.3) is 0 Å². The van der Waals surface area contributed by atoms with Crippen LogP contribution in [0.2, 0.25) is 0 Å². The highest BCUT2D eigenvalue weighted by molar-refractivity contribution is 4.98.